The predicted molar refractivity (Wildman–Crippen MR) is 98.7 cm³/mol. The molecule has 0 aliphatic heterocycles. The van der Waals surface area contributed by atoms with Crippen molar-refractivity contribution in [2.45, 2.75) is 76.2 Å². The average Bonchev–Trinajstić information content (AvgIpc) is 3.26. The van der Waals surface area contributed by atoms with E-state index < -0.39 is 0 Å². The molecule has 4 rings (SSSR count). The SMILES string of the molecule is [CH2]CC(c1cn(C2CCCCC2)c2ccccc12)C1CCCC1. The number of aromatic nitrogens is 1. The molecule has 2 aromatic rings. The molecule has 2 aliphatic carbocycles. The number of fused-ring (bicyclic) bond motifs is 1. The fourth-order valence-electron chi connectivity index (χ4n) is 5.19. The zero-order chi connectivity index (χ0) is 15.6. The van der Waals surface area contributed by atoms with Gasteiger partial charge < -0.3 is 4.57 Å². The smallest absolute Gasteiger partial charge is 0.0485 e. The minimum Gasteiger partial charge on any atom is -0.344 e. The van der Waals surface area contributed by atoms with Gasteiger partial charge in [0.2, 0.25) is 0 Å². The Kier molecular flexibility index (Phi) is 4.46. The van der Waals surface area contributed by atoms with E-state index in [2.05, 4.69) is 42.0 Å². The molecule has 0 bridgehead atoms. The number of benzene rings is 1. The van der Waals surface area contributed by atoms with Crippen LogP contribution in [0.2, 0.25) is 0 Å². The van der Waals surface area contributed by atoms with Crippen LogP contribution in [0.1, 0.15) is 81.7 Å². The van der Waals surface area contributed by atoms with Crippen LogP contribution in [-0.2, 0) is 0 Å². The lowest BCUT2D eigenvalue weighted by Gasteiger charge is -2.24. The highest BCUT2D eigenvalue weighted by Crippen LogP contribution is 2.43. The molecule has 1 heteroatoms. The maximum absolute atomic E-state index is 4.33. The minimum atomic E-state index is 0.659. The Balaban J connectivity index is 1.76. The van der Waals surface area contributed by atoms with Gasteiger partial charge in [-0.3, -0.25) is 0 Å². The van der Waals surface area contributed by atoms with Crippen molar-refractivity contribution in [2.24, 2.45) is 5.92 Å². The Hall–Kier alpha value is -1.24. The van der Waals surface area contributed by atoms with Crippen LogP contribution in [-0.4, -0.2) is 4.57 Å². The molecule has 123 valence electrons. The van der Waals surface area contributed by atoms with Crippen molar-refractivity contribution in [1.82, 2.24) is 4.57 Å². The van der Waals surface area contributed by atoms with E-state index in [9.17, 15) is 0 Å². The van der Waals surface area contributed by atoms with Crippen LogP contribution in [0.15, 0.2) is 30.5 Å². The first-order valence-corrected chi connectivity index (χ1v) is 9.77. The van der Waals surface area contributed by atoms with Gasteiger partial charge in [-0.25, -0.2) is 0 Å². The molecular formula is C22H30N. The van der Waals surface area contributed by atoms with Gasteiger partial charge in [0.25, 0.3) is 0 Å². The lowest BCUT2D eigenvalue weighted by atomic mass is 9.83. The molecule has 2 saturated carbocycles. The maximum atomic E-state index is 4.33. The average molecular weight is 308 g/mol. The molecule has 1 atom stereocenters. The van der Waals surface area contributed by atoms with Crippen LogP contribution in [0.5, 0.6) is 0 Å². The van der Waals surface area contributed by atoms with Gasteiger partial charge in [-0.2, -0.15) is 0 Å². The second-order valence-electron chi connectivity index (χ2n) is 7.74. The van der Waals surface area contributed by atoms with Gasteiger partial charge in [-0.1, -0.05) is 57.2 Å². The summed E-state index contributed by atoms with van der Waals surface area (Å²) >= 11 is 0. The Morgan fingerprint density at radius 3 is 2.39 bits per heavy atom. The van der Waals surface area contributed by atoms with E-state index in [0.29, 0.717) is 5.92 Å². The van der Waals surface area contributed by atoms with Crippen molar-refractivity contribution in [3.8, 4) is 0 Å². The molecule has 0 spiro atoms. The Bertz CT molecular complexity index is 641. The van der Waals surface area contributed by atoms with Crippen LogP contribution >= 0.6 is 0 Å². The largest absolute Gasteiger partial charge is 0.344 e. The van der Waals surface area contributed by atoms with E-state index in [1.807, 2.05) is 0 Å². The van der Waals surface area contributed by atoms with Gasteiger partial charge in [-0.05, 0) is 55.6 Å². The first-order chi connectivity index (χ1) is 11.4. The molecular weight excluding hydrogens is 278 g/mol. The van der Waals surface area contributed by atoms with Crippen molar-refractivity contribution >= 4 is 10.9 Å². The molecule has 2 fully saturated rings. The first kappa shape index (κ1) is 15.3. The zero-order valence-corrected chi connectivity index (χ0v) is 14.3. The normalized spacial score (nSPS) is 22.0. The fraction of sp³-hybridized carbons (Fsp3) is 0.591. The molecule has 1 unspecified atom stereocenters. The number of nitrogens with zero attached hydrogens (tertiary/aromatic N) is 1. The van der Waals surface area contributed by atoms with E-state index in [4.69, 9.17) is 0 Å². The summed E-state index contributed by atoms with van der Waals surface area (Å²) in [7, 11) is 0. The molecule has 1 aromatic heterocycles. The van der Waals surface area contributed by atoms with Gasteiger partial charge in [0, 0.05) is 23.1 Å². The Morgan fingerprint density at radius 1 is 0.957 bits per heavy atom. The zero-order valence-electron chi connectivity index (χ0n) is 14.3. The Morgan fingerprint density at radius 2 is 1.65 bits per heavy atom. The third kappa shape index (κ3) is 2.84. The van der Waals surface area contributed by atoms with Crippen molar-refractivity contribution < 1.29 is 0 Å². The molecule has 0 N–H and O–H groups in total. The molecule has 2 aliphatic rings. The van der Waals surface area contributed by atoms with E-state index in [0.717, 1.165) is 18.4 Å². The third-order valence-electron chi connectivity index (χ3n) is 6.42. The van der Waals surface area contributed by atoms with Crippen molar-refractivity contribution in [1.29, 1.82) is 0 Å². The van der Waals surface area contributed by atoms with Gasteiger partial charge in [0.15, 0.2) is 0 Å². The van der Waals surface area contributed by atoms with Gasteiger partial charge in [-0.15, -0.1) is 0 Å². The van der Waals surface area contributed by atoms with Gasteiger partial charge in [0.05, 0.1) is 0 Å². The summed E-state index contributed by atoms with van der Waals surface area (Å²) in [5, 5.41) is 1.50. The summed E-state index contributed by atoms with van der Waals surface area (Å²) in [6, 6.07) is 9.83. The Labute approximate surface area is 141 Å². The van der Waals surface area contributed by atoms with Crippen molar-refractivity contribution in [3.05, 3.63) is 42.9 Å². The van der Waals surface area contributed by atoms with Crippen LogP contribution in [0.4, 0.5) is 0 Å². The van der Waals surface area contributed by atoms with Gasteiger partial charge in [0.1, 0.15) is 0 Å². The van der Waals surface area contributed by atoms with Crippen LogP contribution in [0, 0.1) is 12.8 Å². The molecule has 0 saturated heterocycles. The summed E-state index contributed by atoms with van der Waals surface area (Å²) < 4.78 is 2.63. The molecule has 1 nitrogen and oxygen atoms in total. The van der Waals surface area contributed by atoms with Crippen molar-refractivity contribution in [3.63, 3.8) is 0 Å². The summed E-state index contributed by atoms with van der Waals surface area (Å²) in [6.07, 6.45) is 16.1. The molecule has 23 heavy (non-hydrogen) atoms. The summed E-state index contributed by atoms with van der Waals surface area (Å²) in [4.78, 5) is 0. The van der Waals surface area contributed by atoms with E-state index in [-0.39, 0.29) is 0 Å². The maximum Gasteiger partial charge on any atom is 0.0485 e. The predicted octanol–water partition coefficient (Wildman–Crippen LogP) is 6.64. The lowest BCUT2D eigenvalue weighted by Crippen LogP contribution is -2.12. The second kappa shape index (κ2) is 6.71. The molecule has 1 aromatic carbocycles. The summed E-state index contributed by atoms with van der Waals surface area (Å²) in [5.41, 5.74) is 3.05. The molecule has 0 amide bonds. The van der Waals surface area contributed by atoms with Crippen LogP contribution in [0.3, 0.4) is 0 Å². The third-order valence-corrected chi connectivity index (χ3v) is 6.42. The standard InChI is InChI=1S/C22H30N/c1-2-19(17-10-6-7-11-17)21-16-23(18-12-4-3-5-13-18)22-15-9-8-14-20(21)22/h8-9,14-19H,1-7,10-13H2. The first-order valence-electron chi connectivity index (χ1n) is 9.77. The van der Waals surface area contributed by atoms with E-state index >= 15 is 0 Å². The molecule has 1 heterocycles. The summed E-state index contributed by atoms with van der Waals surface area (Å²) in [5.74, 6) is 1.52. The van der Waals surface area contributed by atoms with E-state index in [1.165, 1.54) is 68.7 Å². The quantitative estimate of drug-likeness (QED) is 0.596. The van der Waals surface area contributed by atoms with Crippen LogP contribution < -0.4 is 0 Å². The highest BCUT2D eigenvalue weighted by molar-refractivity contribution is 5.84. The second-order valence-corrected chi connectivity index (χ2v) is 7.74. The van der Waals surface area contributed by atoms with E-state index in [1.54, 1.807) is 5.56 Å². The monoisotopic (exact) mass is 308 g/mol. The van der Waals surface area contributed by atoms with Crippen molar-refractivity contribution in [2.75, 3.05) is 0 Å². The minimum absolute atomic E-state index is 0.659. The topological polar surface area (TPSA) is 4.93 Å². The number of hydrogen-bond donors (Lipinski definition) is 0. The number of rotatable bonds is 4. The lowest BCUT2D eigenvalue weighted by molar-refractivity contribution is 0.359. The number of hydrogen-bond acceptors (Lipinski definition) is 0. The van der Waals surface area contributed by atoms with Crippen LogP contribution in [0.25, 0.3) is 10.9 Å². The fourth-order valence-corrected chi connectivity index (χ4v) is 5.19. The summed E-state index contributed by atoms with van der Waals surface area (Å²) in [6.45, 7) is 4.33. The number of para-hydroxylation sites is 1. The highest BCUT2D eigenvalue weighted by Gasteiger charge is 2.28. The highest BCUT2D eigenvalue weighted by atomic mass is 15.0. The van der Waals surface area contributed by atoms with Gasteiger partial charge >= 0.3 is 0 Å². The molecule has 1 radical (unpaired) electrons.